The maximum absolute atomic E-state index is 12.9. The van der Waals surface area contributed by atoms with Crippen LogP contribution in [0.2, 0.25) is 0 Å². The monoisotopic (exact) mass is 427 g/mol. The minimum absolute atomic E-state index is 0.212. The number of nitrogens with one attached hydrogen (secondary N) is 3. The Hall–Kier alpha value is -4.27. The zero-order valence-electron chi connectivity index (χ0n) is 17.2. The Morgan fingerprint density at radius 3 is 2.94 bits per heavy atom. The normalized spacial score (nSPS) is 12.9. The van der Waals surface area contributed by atoms with Crippen LogP contribution in [0, 0.1) is 0 Å². The van der Waals surface area contributed by atoms with Crippen LogP contribution >= 0.6 is 0 Å². The van der Waals surface area contributed by atoms with Crippen LogP contribution in [0.15, 0.2) is 61.2 Å². The highest BCUT2D eigenvalue weighted by Gasteiger charge is 2.23. The fourth-order valence-electron chi connectivity index (χ4n) is 3.86. The number of hydrogen-bond acceptors (Lipinski definition) is 5. The summed E-state index contributed by atoms with van der Waals surface area (Å²) < 4.78 is 0. The molecule has 9 nitrogen and oxygen atoms in total. The molecule has 3 aromatic heterocycles. The van der Waals surface area contributed by atoms with E-state index in [9.17, 15) is 9.59 Å². The summed E-state index contributed by atoms with van der Waals surface area (Å²) in [5.41, 5.74) is 4.92. The van der Waals surface area contributed by atoms with Crippen LogP contribution in [-0.4, -0.2) is 43.5 Å². The van der Waals surface area contributed by atoms with Gasteiger partial charge in [0.1, 0.15) is 0 Å². The van der Waals surface area contributed by atoms with E-state index in [2.05, 4.69) is 30.8 Å². The van der Waals surface area contributed by atoms with Gasteiger partial charge in [-0.15, -0.1) is 0 Å². The van der Waals surface area contributed by atoms with E-state index in [1.165, 1.54) is 5.56 Å². The highest BCUT2D eigenvalue weighted by atomic mass is 16.2. The van der Waals surface area contributed by atoms with Crippen molar-refractivity contribution in [3.05, 3.63) is 83.4 Å². The molecule has 5 rings (SSSR count). The first-order valence-corrected chi connectivity index (χ1v) is 10.3. The van der Waals surface area contributed by atoms with E-state index in [0.29, 0.717) is 30.9 Å². The predicted octanol–water partition coefficient (Wildman–Crippen LogP) is 2.87. The fraction of sp³-hybridized carbons (Fsp3) is 0.174. The van der Waals surface area contributed by atoms with Crippen molar-refractivity contribution in [1.29, 1.82) is 0 Å². The highest BCUT2D eigenvalue weighted by molar-refractivity contribution is 5.97. The summed E-state index contributed by atoms with van der Waals surface area (Å²) in [6.45, 7) is 1.45. The molecule has 1 aromatic carbocycles. The Balaban J connectivity index is 1.23. The molecule has 1 aliphatic heterocycles. The summed E-state index contributed by atoms with van der Waals surface area (Å²) in [5.74, 6) is -0.216. The van der Waals surface area contributed by atoms with E-state index >= 15 is 0 Å². The first-order chi connectivity index (χ1) is 15.7. The molecule has 4 aromatic rings. The van der Waals surface area contributed by atoms with Gasteiger partial charge in [0.2, 0.25) is 0 Å². The molecule has 9 heteroatoms. The molecule has 0 unspecified atom stereocenters. The van der Waals surface area contributed by atoms with Crippen LogP contribution in [0.5, 0.6) is 0 Å². The molecule has 3 N–H and O–H groups in total. The molecule has 3 amide bonds. The summed E-state index contributed by atoms with van der Waals surface area (Å²) in [6, 6.07) is 10.4. The highest BCUT2D eigenvalue weighted by Crippen LogP contribution is 2.25. The van der Waals surface area contributed by atoms with E-state index in [1.807, 2.05) is 12.1 Å². The molecule has 4 heterocycles. The molecule has 0 spiro atoms. The van der Waals surface area contributed by atoms with Gasteiger partial charge in [0.15, 0.2) is 5.65 Å². The first kappa shape index (κ1) is 19.7. The summed E-state index contributed by atoms with van der Waals surface area (Å²) in [5, 5.41) is 13.7. The van der Waals surface area contributed by atoms with Gasteiger partial charge in [-0.05, 0) is 47.4 Å². The second-order valence-electron chi connectivity index (χ2n) is 7.62. The number of H-pyrrole nitrogens is 1. The number of benzene rings is 1. The number of fused-ring (bicyclic) bond motifs is 3. The average Bonchev–Trinajstić information content (AvgIpc) is 3.32. The molecule has 0 fully saturated rings. The van der Waals surface area contributed by atoms with Gasteiger partial charge < -0.3 is 15.5 Å². The summed E-state index contributed by atoms with van der Waals surface area (Å²) in [7, 11) is 0. The van der Waals surface area contributed by atoms with Gasteiger partial charge in [-0.1, -0.05) is 12.1 Å². The minimum atomic E-state index is -0.216. The molecule has 0 aliphatic carbocycles. The van der Waals surface area contributed by atoms with Gasteiger partial charge in [0.05, 0.1) is 6.20 Å². The van der Waals surface area contributed by atoms with E-state index in [0.717, 1.165) is 28.6 Å². The van der Waals surface area contributed by atoms with Crippen LogP contribution < -0.4 is 10.6 Å². The van der Waals surface area contributed by atoms with Crippen molar-refractivity contribution in [2.75, 3.05) is 11.9 Å². The number of rotatable bonds is 4. The Morgan fingerprint density at radius 1 is 1.12 bits per heavy atom. The lowest BCUT2D eigenvalue weighted by Crippen LogP contribution is -2.39. The number of urea groups is 1. The predicted molar refractivity (Wildman–Crippen MR) is 119 cm³/mol. The van der Waals surface area contributed by atoms with Gasteiger partial charge in [-0.2, -0.15) is 5.10 Å². The Bertz CT molecular complexity index is 1290. The maximum Gasteiger partial charge on any atom is 0.322 e. The van der Waals surface area contributed by atoms with Crippen molar-refractivity contribution in [1.82, 2.24) is 30.4 Å². The van der Waals surface area contributed by atoms with Gasteiger partial charge in [0.25, 0.3) is 5.91 Å². The van der Waals surface area contributed by atoms with Crippen LogP contribution in [-0.2, 0) is 19.5 Å². The lowest BCUT2D eigenvalue weighted by atomic mass is 9.99. The van der Waals surface area contributed by atoms with E-state index < -0.39 is 0 Å². The fourth-order valence-corrected chi connectivity index (χ4v) is 3.86. The van der Waals surface area contributed by atoms with Crippen LogP contribution in [0.25, 0.3) is 11.0 Å². The minimum Gasteiger partial charge on any atom is -0.348 e. The first-order valence-electron chi connectivity index (χ1n) is 10.3. The molecule has 0 radical (unpaired) electrons. The van der Waals surface area contributed by atoms with Crippen molar-refractivity contribution >= 4 is 28.7 Å². The Labute approximate surface area is 183 Å². The molecule has 160 valence electrons. The third-order valence-electron chi connectivity index (χ3n) is 5.51. The van der Waals surface area contributed by atoms with Gasteiger partial charge in [-0.3, -0.25) is 14.9 Å². The SMILES string of the molecule is O=C(NCc1cccnc1)c1cccc(NC(=O)N2CCc3c(cnc4[nH]ncc34)C2)c1. The van der Waals surface area contributed by atoms with Crippen molar-refractivity contribution in [3.63, 3.8) is 0 Å². The zero-order valence-corrected chi connectivity index (χ0v) is 17.2. The van der Waals surface area contributed by atoms with Crippen molar-refractivity contribution in [3.8, 4) is 0 Å². The maximum atomic E-state index is 12.9. The van der Waals surface area contributed by atoms with Gasteiger partial charge >= 0.3 is 6.03 Å². The van der Waals surface area contributed by atoms with Crippen molar-refractivity contribution in [2.24, 2.45) is 0 Å². The second kappa shape index (κ2) is 8.46. The van der Waals surface area contributed by atoms with Crippen LogP contribution in [0.1, 0.15) is 27.0 Å². The Kier molecular flexibility index (Phi) is 5.20. The van der Waals surface area contributed by atoms with Crippen LogP contribution in [0.3, 0.4) is 0 Å². The van der Waals surface area contributed by atoms with E-state index in [4.69, 9.17) is 0 Å². The number of aromatic amines is 1. The molecular formula is C23H21N7O2. The number of pyridine rings is 2. The standard InChI is InChI=1S/C23H21N7O2/c31-22(26-11-15-3-2-7-24-10-15)16-4-1-5-18(9-16)28-23(32)30-8-6-19-17(14-30)12-25-21-20(19)13-27-29-21/h1-5,7,9-10,12-13H,6,8,11,14H2,(H,26,31)(H,28,32)(H,25,27,29). The largest absolute Gasteiger partial charge is 0.348 e. The molecule has 0 saturated heterocycles. The van der Waals surface area contributed by atoms with E-state index in [1.54, 1.807) is 54.0 Å². The number of aromatic nitrogens is 4. The number of carbonyl (C=O) groups excluding carboxylic acids is 2. The topological polar surface area (TPSA) is 116 Å². The summed E-state index contributed by atoms with van der Waals surface area (Å²) in [6.07, 6.45) is 7.70. The lowest BCUT2D eigenvalue weighted by molar-refractivity contribution is 0.0951. The number of anilines is 1. The molecule has 1 aliphatic rings. The molecular weight excluding hydrogens is 406 g/mol. The van der Waals surface area contributed by atoms with Crippen molar-refractivity contribution < 1.29 is 9.59 Å². The summed E-state index contributed by atoms with van der Waals surface area (Å²) in [4.78, 5) is 35.5. The number of carbonyl (C=O) groups is 2. The quantitative estimate of drug-likeness (QED) is 0.463. The third kappa shape index (κ3) is 4.00. The lowest BCUT2D eigenvalue weighted by Gasteiger charge is -2.29. The van der Waals surface area contributed by atoms with Crippen molar-refractivity contribution in [2.45, 2.75) is 19.5 Å². The molecule has 0 bridgehead atoms. The Morgan fingerprint density at radius 2 is 2.06 bits per heavy atom. The molecule has 0 atom stereocenters. The number of hydrogen-bond donors (Lipinski definition) is 3. The smallest absolute Gasteiger partial charge is 0.322 e. The van der Waals surface area contributed by atoms with Crippen LogP contribution in [0.4, 0.5) is 10.5 Å². The van der Waals surface area contributed by atoms with E-state index in [-0.39, 0.29) is 11.9 Å². The second-order valence-corrected chi connectivity index (χ2v) is 7.62. The zero-order chi connectivity index (χ0) is 21.9. The third-order valence-corrected chi connectivity index (χ3v) is 5.51. The average molecular weight is 427 g/mol. The summed E-state index contributed by atoms with van der Waals surface area (Å²) >= 11 is 0. The number of nitrogens with zero attached hydrogens (tertiary/aromatic N) is 4. The van der Waals surface area contributed by atoms with Gasteiger partial charge in [-0.25, -0.2) is 9.78 Å². The molecule has 0 saturated carbocycles. The number of amides is 3. The van der Waals surface area contributed by atoms with Gasteiger partial charge in [0, 0.05) is 54.9 Å². The molecule has 32 heavy (non-hydrogen) atoms.